The molecule has 2 N–H and O–H groups in total. The van der Waals surface area contributed by atoms with Crippen molar-refractivity contribution in [3.63, 3.8) is 0 Å². The van der Waals surface area contributed by atoms with E-state index in [2.05, 4.69) is 60.4 Å². The zero-order valence-corrected chi connectivity index (χ0v) is 16.4. The monoisotopic (exact) mass is 352 g/mol. The zero-order chi connectivity index (χ0) is 17.5. The molecule has 1 aromatic rings. The molecule has 0 radical (unpaired) electrons. The number of ether oxygens (including phenoxy) is 1. The minimum Gasteiger partial charge on any atom is -0.379 e. The van der Waals surface area contributed by atoms with Crippen LogP contribution in [0.1, 0.15) is 30.5 Å². The Balaban J connectivity index is 1.77. The fourth-order valence-electron chi connectivity index (χ4n) is 3.13. The van der Waals surface area contributed by atoms with Gasteiger partial charge in [0.2, 0.25) is 0 Å². The van der Waals surface area contributed by atoms with E-state index in [4.69, 9.17) is 4.74 Å². The van der Waals surface area contributed by atoms with E-state index in [0.29, 0.717) is 18.1 Å². The maximum Gasteiger partial charge on any atom is 0.191 e. The third-order valence-electron chi connectivity index (χ3n) is 4.46. The normalized spacial score (nSPS) is 22.2. The van der Waals surface area contributed by atoms with E-state index >= 15 is 0 Å². The van der Waals surface area contributed by atoms with E-state index < -0.39 is 0 Å². The maximum atomic E-state index is 5.52. The van der Waals surface area contributed by atoms with Crippen LogP contribution in [-0.4, -0.2) is 62.3 Å². The standard InChI is InChI=1S/C18H32N4OS/c1-13(10-17-7-6-16(4)24-17)21-18(19-5)20-11-14(2)22-8-9-23-12-15(22)3/h6-7,13-15H,8-12H2,1-5H3,(H2,19,20,21). The summed E-state index contributed by atoms with van der Waals surface area (Å²) in [7, 11) is 1.83. The van der Waals surface area contributed by atoms with Crippen molar-refractivity contribution in [2.24, 2.45) is 4.99 Å². The number of aliphatic imine (C=N–C) groups is 1. The molecule has 2 rings (SSSR count). The van der Waals surface area contributed by atoms with Crippen LogP contribution in [0.4, 0.5) is 0 Å². The number of hydrogen-bond acceptors (Lipinski definition) is 4. The van der Waals surface area contributed by atoms with Gasteiger partial charge in [0.15, 0.2) is 5.96 Å². The Hall–Kier alpha value is -1.11. The first-order valence-corrected chi connectivity index (χ1v) is 9.67. The summed E-state index contributed by atoms with van der Waals surface area (Å²) >= 11 is 1.87. The number of hydrogen-bond donors (Lipinski definition) is 2. The van der Waals surface area contributed by atoms with Crippen molar-refractivity contribution in [3.8, 4) is 0 Å². The Morgan fingerprint density at radius 1 is 1.46 bits per heavy atom. The van der Waals surface area contributed by atoms with Gasteiger partial charge in [0.25, 0.3) is 0 Å². The molecule has 0 amide bonds. The molecule has 1 saturated heterocycles. The quantitative estimate of drug-likeness (QED) is 0.609. The van der Waals surface area contributed by atoms with Crippen LogP contribution in [0.2, 0.25) is 0 Å². The Morgan fingerprint density at radius 2 is 2.25 bits per heavy atom. The number of nitrogens with one attached hydrogen (secondary N) is 2. The van der Waals surface area contributed by atoms with Gasteiger partial charge in [0, 0.05) is 54.4 Å². The first-order valence-electron chi connectivity index (χ1n) is 8.85. The van der Waals surface area contributed by atoms with Crippen LogP contribution in [0, 0.1) is 6.92 Å². The lowest BCUT2D eigenvalue weighted by molar-refractivity contribution is -0.0174. The summed E-state index contributed by atoms with van der Waals surface area (Å²) in [4.78, 5) is 9.65. The van der Waals surface area contributed by atoms with Crippen molar-refractivity contribution in [3.05, 3.63) is 21.9 Å². The van der Waals surface area contributed by atoms with Gasteiger partial charge in [0.05, 0.1) is 13.2 Å². The van der Waals surface area contributed by atoms with Gasteiger partial charge in [-0.1, -0.05) is 0 Å². The first kappa shape index (κ1) is 19.2. The van der Waals surface area contributed by atoms with Crippen LogP contribution < -0.4 is 10.6 Å². The number of guanidine groups is 1. The Kier molecular flexibility index (Phi) is 7.52. The molecule has 1 aliphatic rings. The predicted molar refractivity (Wildman–Crippen MR) is 103 cm³/mol. The highest BCUT2D eigenvalue weighted by Gasteiger charge is 2.23. The van der Waals surface area contributed by atoms with Gasteiger partial charge in [-0.3, -0.25) is 9.89 Å². The van der Waals surface area contributed by atoms with Crippen LogP contribution in [0.3, 0.4) is 0 Å². The smallest absolute Gasteiger partial charge is 0.191 e. The lowest BCUT2D eigenvalue weighted by Gasteiger charge is -2.38. The first-order chi connectivity index (χ1) is 11.5. The molecule has 24 heavy (non-hydrogen) atoms. The molecule has 0 bridgehead atoms. The molecule has 3 unspecified atom stereocenters. The lowest BCUT2D eigenvalue weighted by Crippen LogP contribution is -2.53. The average molecular weight is 353 g/mol. The Bertz CT molecular complexity index is 531. The molecule has 6 heteroatoms. The summed E-state index contributed by atoms with van der Waals surface area (Å²) in [5, 5.41) is 6.96. The molecular formula is C18H32N4OS. The number of rotatable bonds is 6. The number of aryl methyl sites for hydroxylation is 1. The molecule has 5 nitrogen and oxygen atoms in total. The van der Waals surface area contributed by atoms with Crippen molar-refractivity contribution in [1.82, 2.24) is 15.5 Å². The molecule has 1 aliphatic heterocycles. The second kappa shape index (κ2) is 9.39. The highest BCUT2D eigenvalue weighted by atomic mass is 32.1. The molecule has 3 atom stereocenters. The van der Waals surface area contributed by atoms with Crippen LogP contribution in [0.25, 0.3) is 0 Å². The molecule has 1 aromatic heterocycles. The topological polar surface area (TPSA) is 48.9 Å². The van der Waals surface area contributed by atoms with E-state index in [-0.39, 0.29) is 0 Å². The summed E-state index contributed by atoms with van der Waals surface area (Å²) < 4.78 is 5.52. The lowest BCUT2D eigenvalue weighted by atomic mass is 10.2. The third-order valence-corrected chi connectivity index (χ3v) is 5.48. The fourth-order valence-corrected chi connectivity index (χ4v) is 4.15. The van der Waals surface area contributed by atoms with Gasteiger partial charge in [-0.2, -0.15) is 0 Å². The van der Waals surface area contributed by atoms with E-state index in [1.54, 1.807) is 0 Å². The van der Waals surface area contributed by atoms with Crippen LogP contribution in [0.5, 0.6) is 0 Å². The highest BCUT2D eigenvalue weighted by molar-refractivity contribution is 7.11. The van der Waals surface area contributed by atoms with Crippen molar-refractivity contribution >= 4 is 17.3 Å². The number of thiophene rings is 1. The van der Waals surface area contributed by atoms with Gasteiger partial charge in [0.1, 0.15) is 0 Å². The van der Waals surface area contributed by atoms with E-state index in [0.717, 1.165) is 38.7 Å². The summed E-state index contributed by atoms with van der Waals surface area (Å²) in [6, 6.07) is 5.69. The molecule has 0 spiro atoms. The van der Waals surface area contributed by atoms with E-state index in [9.17, 15) is 0 Å². The van der Waals surface area contributed by atoms with Gasteiger partial charge < -0.3 is 15.4 Å². The summed E-state index contributed by atoms with van der Waals surface area (Å²) in [6.45, 7) is 12.4. The summed E-state index contributed by atoms with van der Waals surface area (Å²) in [5.41, 5.74) is 0. The summed E-state index contributed by atoms with van der Waals surface area (Å²) in [6.07, 6.45) is 1.02. The molecular weight excluding hydrogens is 320 g/mol. The molecule has 0 saturated carbocycles. The minimum atomic E-state index is 0.354. The molecule has 0 aromatic carbocycles. The van der Waals surface area contributed by atoms with Gasteiger partial charge in [-0.15, -0.1) is 11.3 Å². The van der Waals surface area contributed by atoms with Crippen molar-refractivity contribution in [2.45, 2.75) is 52.2 Å². The predicted octanol–water partition coefficient (Wildman–Crippen LogP) is 2.26. The van der Waals surface area contributed by atoms with Crippen LogP contribution in [-0.2, 0) is 11.2 Å². The SMILES string of the molecule is CN=C(NCC(C)N1CCOCC1C)NC(C)Cc1ccc(C)s1. The molecule has 1 fully saturated rings. The molecule has 2 heterocycles. The second-order valence-corrected chi connectivity index (χ2v) is 8.10. The third kappa shape index (κ3) is 5.76. The van der Waals surface area contributed by atoms with E-state index in [1.807, 2.05) is 18.4 Å². The van der Waals surface area contributed by atoms with Crippen molar-refractivity contribution in [1.29, 1.82) is 0 Å². The van der Waals surface area contributed by atoms with Crippen molar-refractivity contribution < 1.29 is 4.74 Å². The van der Waals surface area contributed by atoms with Crippen LogP contribution in [0.15, 0.2) is 17.1 Å². The Morgan fingerprint density at radius 3 is 2.88 bits per heavy atom. The van der Waals surface area contributed by atoms with E-state index in [1.165, 1.54) is 9.75 Å². The van der Waals surface area contributed by atoms with Gasteiger partial charge >= 0.3 is 0 Å². The number of nitrogens with zero attached hydrogens (tertiary/aromatic N) is 2. The maximum absolute atomic E-state index is 5.52. The zero-order valence-electron chi connectivity index (χ0n) is 15.6. The molecule has 136 valence electrons. The largest absolute Gasteiger partial charge is 0.379 e. The van der Waals surface area contributed by atoms with Crippen molar-refractivity contribution in [2.75, 3.05) is 33.4 Å². The fraction of sp³-hybridized carbons (Fsp3) is 0.722. The Labute approximate surface area is 150 Å². The average Bonchev–Trinajstić information content (AvgIpc) is 2.96. The van der Waals surface area contributed by atoms with Crippen LogP contribution >= 0.6 is 11.3 Å². The molecule has 0 aliphatic carbocycles. The minimum absolute atomic E-state index is 0.354. The number of morpholine rings is 1. The van der Waals surface area contributed by atoms with Gasteiger partial charge in [-0.05, 0) is 39.8 Å². The van der Waals surface area contributed by atoms with Gasteiger partial charge in [-0.25, -0.2) is 0 Å². The summed E-state index contributed by atoms with van der Waals surface area (Å²) in [5.74, 6) is 0.878. The highest BCUT2D eigenvalue weighted by Crippen LogP contribution is 2.16. The second-order valence-electron chi connectivity index (χ2n) is 6.73.